The number of rotatable bonds is 5. The highest BCUT2D eigenvalue weighted by molar-refractivity contribution is 7.89. The van der Waals surface area contributed by atoms with E-state index < -0.39 is 15.6 Å². The Balaban J connectivity index is 4.28. The van der Waals surface area contributed by atoms with Crippen LogP contribution in [0.3, 0.4) is 0 Å². The summed E-state index contributed by atoms with van der Waals surface area (Å²) in [5, 5.41) is 0. The van der Waals surface area contributed by atoms with E-state index in [1.54, 1.807) is 13.8 Å². The predicted octanol–water partition coefficient (Wildman–Crippen LogP) is -0.0360. The Bertz CT molecular complexity index is 287. The highest BCUT2D eigenvalue weighted by atomic mass is 32.2. The van der Waals surface area contributed by atoms with E-state index >= 15 is 0 Å². The van der Waals surface area contributed by atoms with Crippen molar-refractivity contribution in [2.24, 2.45) is 0 Å². The summed E-state index contributed by atoms with van der Waals surface area (Å²) in [7, 11) is -1.88. The average Bonchev–Trinajstić information content (AvgIpc) is 1.99. The van der Waals surface area contributed by atoms with Crippen LogP contribution >= 0.6 is 0 Å². The van der Waals surface area contributed by atoms with Gasteiger partial charge in [-0.2, -0.15) is 4.72 Å². The molecule has 0 saturated heterocycles. The van der Waals surface area contributed by atoms with E-state index in [1.165, 1.54) is 7.11 Å². The van der Waals surface area contributed by atoms with Crippen molar-refractivity contribution in [1.82, 2.24) is 4.72 Å². The smallest absolute Gasteiger partial charge is 0.215 e. The lowest BCUT2D eigenvalue weighted by molar-refractivity contribution is 0.216. The van der Waals surface area contributed by atoms with E-state index in [0.29, 0.717) is 0 Å². The van der Waals surface area contributed by atoms with Crippen LogP contribution in [0.4, 0.5) is 0 Å². The van der Waals surface area contributed by atoms with Gasteiger partial charge in [-0.05, 0) is 13.8 Å². The summed E-state index contributed by atoms with van der Waals surface area (Å²) in [5.41, 5.74) is -0.841. The van der Waals surface area contributed by atoms with Gasteiger partial charge in [0.2, 0.25) is 10.0 Å². The number of sulfonamides is 1. The molecule has 0 aliphatic heterocycles. The number of ether oxygens (including phenoxy) is 1. The number of hydrogen-bond acceptors (Lipinski definition) is 3. The molecule has 13 heavy (non-hydrogen) atoms. The standard InChI is InChI=1S/C8H15NO3S/c1-5-8(2,3)9-13(10,11)7-6-12-4/h1,9H,6-7H2,2-4H3. The fourth-order valence-corrected chi connectivity index (χ4v) is 1.99. The number of methoxy groups -OCH3 is 1. The third-order valence-electron chi connectivity index (χ3n) is 1.33. The molecule has 0 radical (unpaired) electrons. The summed E-state index contributed by atoms with van der Waals surface area (Å²) < 4.78 is 29.6. The van der Waals surface area contributed by atoms with E-state index in [-0.39, 0.29) is 12.4 Å². The Morgan fingerprint density at radius 2 is 2.08 bits per heavy atom. The van der Waals surface area contributed by atoms with Crippen LogP contribution in [0.25, 0.3) is 0 Å². The minimum atomic E-state index is -3.33. The fraction of sp³-hybridized carbons (Fsp3) is 0.750. The van der Waals surface area contributed by atoms with Crippen LogP contribution in [0.2, 0.25) is 0 Å². The van der Waals surface area contributed by atoms with Crippen LogP contribution in [0.15, 0.2) is 0 Å². The molecule has 0 atom stereocenters. The zero-order valence-electron chi connectivity index (χ0n) is 8.12. The van der Waals surface area contributed by atoms with Gasteiger partial charge in [-0.25, -0.2) is 8.42 Å². The summed E-state index contributed by atoms with van der Waals surface area (Å²) in [6.45, 7) is 3.41. The molecule has 76 valence electrons. The van der Waals surface area contributed by atoms with Crippen LogP contribution in [0.5, 0.6) is 0 Å². The Morgan fingerprint density at radius 1 is 1.54 bits per heavy atom. The largest absolute Gasteiger partial charge is 0.384 e. The van der Waals surface area contributed by atoms with E-state index in [4.69, 9.17) is 6.42 Å². The second-order valence-electron chi connectivity index (χ2n) is 3.18. The third kappa shape index (κ3) is 5.64. The molecule has 0 unspecified atom stereocenters. The van der Waals surface area contributed by atoms with Gasteiger partial charge in [0.25, 0.3) is 0 Å². The second kappa shape index (κ2) is 4.61. The van der Waals surface area contributed by atoms with Crippen molar-refractivity contribution < 1.29 is 13.2 Å². The van der Waals surface area contributed by atoms with Gasteiger partial charge in [0, 0.05) is 7.11 Å². The molecule has 0 fully saturated rings. The van der Waals surface area contributed by atoms with Gasteiger partial charge >= 0.3 is 0 Å². The van der Waals surface area contributed by atoms with E-state index in [0.717, 1.165) is 0 Å². The molecule has 0 amide bonds. The van der Waals surface area contributed by atoms with E-state index in [2.05, 4.69) is 15.4 Å². The summed E-state index contributed by atoms with van der Waals surface area (Å²) in [6, 6.07) is 0. The molecule has 1 N–H and O–H groups in total. The van der Waals surface area contributed by atoms with Crippen molar-refractivity contribution in [1.29, 1.82) is 0 Å². The molecule has 0 heterocycles. The zero-order chi connectivity index (χ0) is 10.5. The first-order valence-electron chi connectivity index (χ1n) is 3.81. The van der Waals surface area contributed by atoms with Crippen LogP contribution in [0, 0.1) is 12.3 Å². The average molecular weight is 205 g/mol. The summed E-state index contributed by atoms with van der Waals surface area (Å²) in [5.74, 6) is 2.27. The Hall–Kier alpha value is -0.570. The van der Waals surface area contributed by atoms with Crippen LogP contribution in [-0.4, -0.2) is 33.4 Å². The quantitative estimate of drug-likeness (QED) is 0.641. The molecule has 0 aromatic rings. The van der Waals surface area contributed by atoms with Gasteiger partial charge in [-0.3, -0.25) is 0 Å². The second-order valence-corrected chi connectivity index (χ2v) is 5.02. The lowest BCUT2D eigenvalue weighted by Gasteiger charge is -2.19. The summed E-state index contributed by atoms with van der Waals surface area (Å²) >= 11 is 0. The maximum Gasteiger partial charge on any atom is 0.215 e. The van der Waals surface area contributed by atoms with Gasteiger partial charge in [0.05, 0.1) is 17.9 Å². The lowest BCUT2D eigenvalue weighted by atomic mass is 10.1. The van der Waals surface area contributed by atoms with Gasteiger partial charge < -0.3 is 4.74 Å². The maximum absolute atomic E-state index is 11.3. The molecule has 0 saturated carbocycles. The van der Waals surface area contributed by atoms with Crippen LogP contribution < -0.4 is 4.72 Å². The predicted molar refractivity (Wildman–Crippen MR) is 51.7 cm³/mol. The minimum Gasteiger partial charge on any atom is -0.384 e. The summed E-state index contributed by atoms with van der Waals surface area (Å²) in [4.78, 5) is 0. The topological polar surface area (TPSA) is 55.4 Å². The zero-order valence-corrected chi connectivity index (χ0v) is 8.94. The van der Waals surface area contributed by atoms with E-state index in [1.807, 2.05) is 0 Å². The molecule has 4 nitrogen and oxygen atoms in total. The molecule has 0 aliphatic rings. The maximum atomic E-state index is 11.3. The molecule has 0 rings (SSSR count). The van der Waals surface area contributed by atoms with Gasteiger partial charge in [-0.1, -0.05) is 5.92 Å². The van der Waals surface area contributed by atoms with Gasteiger partial charge in [0.15, 0.2) is 0 Å². The van der Waals surface area contributed by atoms with Gasteiger partial charge in [0.1, 0.15) is 0 Å². The van der Waals surface area contributed by atoms with Crippen LogP contribution in [0.1, 0.15) is 13.8 Å². The lowest BCUT2D eigenvalue weighted by Crippen LogP contribution is -2.43. The highest BCUT2D eigenvalue weighted by Crippen LogP contribution is 2.02. The number of terminal acetylenes is 1. The first-order valence-corrected chi connectivity index (χ1v) is 5.46. The SMILES string of the molecule is C#CC(C)(C)NS(=O)(=O)CCOC. The molecular formula is C8H15NO3S. The minimum absolute atomic E-state index is 0.0748. The van der Waals surface area contributed by atoms with Crippen molar-refractivity contribution in [2.45, 2.75) is 19.4 Å². The number of nitrogens with one attached hydrogen (secondary N) is 1. The Labute approximate surface area is 79.7 Å². The highest BCUT2D eigenvalue weighted by Gasteiger charge is 2.21. The third-order valence-corrected chi connectivity index (χ3v) is 2.85. The molecule has 0 bridgehead atoms. The molecule has 0 aromatic heterocycles. The molecule has 0 aromatic carbocycles. The van der Waals surface area contributed by atoms with Crippen molar-refractivity contribution >= 4 is 10.0 Å². The van der Waals surface area contributed by atoms with E-state index in [9.17, 15) is 8.42 Å². The van der Waals surface area contributed by atoms with Crippen LogP contribution in [-0.2, 0) is 14.8 Å². The summed E-state index contributed by atoms with van der Waals surface area (Å²) in [6.07, 6.45) is 5.13. The Morgan fingerprint density at radius 3 is 2.46 bits per heavy atom. The molecular weight excluding hydrogens is 190 g/mol. The molecule has 0 aliphatic carbocycles. The number of hydrogen-bond donors (Lipinski definition) is 1. The normalized spacial score (nSPS) is 12.5. The first-order chi connectivity index (χ1) is 5.83. The van der Waals surface area contributed by atoms with Crippen molar-refractivity contribution in [3.8, 4) is 12.3 Å². The first kappa shape index (κ1) is 12.4. The monoisotopic (exact) mass is 205 g/mol. The fourth-order valence-electron chi connectivity index (χ4n) is 0.662. The van der Waals surface area contributed by atoms with Crippen molar-refractivity contribution in [3.63, 3.8) is 0 Å². The molecule has 5 heteroatoms. The molecule has 0 spiro atoms. The van der Waals surface area contributed by atoms with Crippen molar-refractivity contribution in [2.75, 3.05) is 19.5 Å². The Kier molecular flexibility index (Phi) is 4.40. The van der Waals surface area contributed by atoms with Gasteiger partial charge in [-0.15, -0.1) is 6.42 Å². The van der Waals surface area contributed by atoms with Crippen molar-refractivity contribution in [3.05, 3.63) is 0 Å².